The van der Waals surface area contributed by atoms with Gasteiger partial charge in [-0.15, -0.1) is 0 Å². The summed E-state index contributed by atoms with van der Waals surface area (Å²) < 4.78 is 0. The van der Waals surface area contributed by atoms with E-state index in [1.54, 1.807) is 0 Å². The second-order valence-corrected chi connectivity index (χ2v) is 6.77. The number of rotatable bonds is 4. The molecule has 2 nitrogen and oxygen atoms in total. The molecule has 0 saturated heterocycles. The first-order valence-electron chi connectivity index (χ1n) is 7.36. The second kappa shape index (κ2) is 4.61. The minimum atomic E-state index is 0.372. The van der Waals surface area contributed by atoms with Crippen molar-refractivity contribution < 1.29 is 0 Å². The van der Waals surface area contributed by atoms with Crippen LogP contribution in [0.3, 0.4) is 0 Å². The van der Waals surface area contributed by atoms with E-state index in [2.05, 4.69) is 18.3 Å². The molecule has 4 rings (SSSR count). The second-order valence-electron chi connectivity index (χ2n) is 6.77. The van der Waals surface area contributed by atoms with E-state index in [-0.39, 0.29) is 0 Å². The summed E-state index contributed by atoms with van der Waals surface area (Å²) in [5, 5.41) is 12.3. The lowest BCUT2D eigenvalue weighted by Gasteiger charge is -2.54. The van der Waals surface area contributed by atoms with Gasteiger partial charge in [-0.2, -0.15) is 5.26 Å². The summed E-state index contributed by atoms with van der Waals surface area (Å²) in [5.74, 6) is 5.08. The van der Waals surface area contributed by atoms with Gasteiger partial charge in [0.15, 0.2) is 0 Å². The molecule has 0 aromatic carbocycles. The van der Waals surface area contributed by atoms with Gasteiger partial charge in [0.25, 0.3) is 0 Å². The van der Waals surface area contributed by atoms with Crippen LogP contribution in [0.4, 0.5) is 0 Å². The molecule has 0 aromatic heterocycles. The van der Waals surface area contributed by atoms with Crippen molar-refractivity contribution >= 4 is 0 Å². The van der Waals surface area contributed by atoms with E-state index in [9.17, 15) is 0 Å². The Morgan fingerprint density at radius 3 is 2.24 bits per heavy atom. The molecule has 0 aromatic rings. The van der Waals surface area contributed by atoms with Crippen LogP contribution in [0.2, 0.25) is 0 Å². The first-order valence-corrected chi connectivity index (χ1v) is 7.36. The topological polar surface area (TPSA) is 35.8 Å². The average Bonchev–Trinajstić information content (AvgIpc) is 2.27. The summed E-state index contributed by atoms with van der Waals surface area (Å²) in [4.78, 5) is 0. The Balaban J connectivity index is 1.56. The summed E-state index contributed by atoms with van der Waals surface area (Å²) in [5.41, 5.74) is 0. The van der Waals surface area contributed by atoms with Gasteiger partial charge in [-0.3, -0.25) is 0 Å². The standard InChI is InChI=1S/C15H24N2/c1-10(2-3-16)17-9-15-13-5-11-4-12(7-13)8-14(15)6-11/h10-15,17H,2,4-9H2,1H3. The third-order valence-electron chi connectivity index (χ3n) is 5.52. The van der Waals surface area contributed by atoms with Crippen LogP contribution < -0.4 is 5.32 Å². The van der Waals surface area contributed by atoms with Crippen LogP contribution in [0.5, 0.6) is 0 Å². The molecule has 0 spiro atoms. The fraction of sp³-hybridized carbons (Fsp3) is 0.933. The zero-order valence-electron chi connectivity index (χ0n) is 10.9. The van der Waals surface area contributed by atoms with Crippen LogP contribution in [-0.2, 0) is 0 Å². The average molecular weight is 232 g/mol. The Labute approximate surface area is 105 Å². The summed E-state index contributed by atoms with van der Waals surface area (Å²) in [7, 11) is 0. The summed E-state index contributed by atoms with van der Waals surface area (Å²) in [6, 6.07) is 2.63. The lowest BCUT2D eigenvalue weighted by molar-refractivity contribution is -0.0361. The van der Waals surface area contributed by atoms with Gasteiger partial charge in [0.2, 0.25) is 0 Å². The fourth-order valence-electron chi connectivity index (χ4n) is 4.92. The Hall–Kier alpha value is -0.550. The molecule has 4 bridgehead atoms. The van der Waals surface area contributed by atoms with E-state index in [0.717, 1.165) is 36.1 Å². The number of hydrogen-bond acceptors (Lipinski definition) is 2. The highest BCUT2D eigenvalue weighted by molar-refractivity contribution is 4.98. The molecule has 0 amide bonds. The zero-order chi connectivity index (χ0) is 11.8. The largest absolute Gasteiger partial charge is 0.313 e. The molecule has 0 heterocycles. The Bertz CT molecular complexity index is 289. The normalized spacial score (nSPS) is 44.6. The quantitative estimate of drug-likeness (QED) is 0.809. The van der Waals surface area contributed by atoms with Crippen LogP contribution in [-0.4, -0.2) is 12.6 Å². The molecule has 94 valence electrons. The van der Waals surface area contributed by atoms with Gasteiger partial charge < -0.3 is 5.32 Å². The Kier molecular flexibility index (Phi) is 3.13. The zero-order valence-corrected chi connectivity index (χ0v) is 10.9. The van der Waals surface area contributed by atoms with Crippen molar-refractivity contribution in [3.8, 4) is 6.07 Å². The highest BCUT2D eigenvalue weighted by Crippen LogP contribution is 2.56. The maximum Gasteiger partial charge on any atom is 0.0638 e. The van der Waals surface area contributed by atoms with Gasteiger partial charge in [-0.05, 0) is 75.2 Å². The van der Waals surface area contributed by atoms with E-state index in [1.807, 2.05) is 0 Å². The molecule has 4 fully saturated rings. The minimum absolute atomic E-state index is 0.372. The molecule has 0 radical (unpaired) electrons. The van der Waals surface area contributed by atoms with Gasteiger partial charge in [0.1, 0.15) is 0 Å². The van der Waals surface area contributed by atoms with E-state index in [4.69, 9.17) is 5.26 Å². The van der Waals surface area contributed by atoms with Crippen LogP contribution in [0.25, 0.3) is 0 Å². The Morgan fingerprint density at radius 2 is 1.71 bits per heavy atom. The van der Waals surface area contributed by atoms with Gasteiger partial charge in [0, 0.05) is 6.04 Å². The van der Waals surface area contributed by atoms with E-state index < -0.39 is 0 Å². The molecule has 1 unspecified atom stereocenters. The monoisotopic (exact) mass is 232 g/mol. The number of hydrogen-bond donors (Lipinski definition) is 1. The van der Waals surface area contributed by atoms with Crippen molar-refractivity contribution in [1.29, 1.82) is 5.26 Å². The molecule has 1 N–H and O–H groups in total. The van der Waals surface area contributed by atoms with E-state index >= 15 is 0 Å². The maximum absolute atomic E-state index is 8.69. The summed E-state index contributed by atoms with van der Waals surface area (Å²) >= 11 is 0. The molecule has 2 heteroatoms. The van der Waals surface area contributed by atoms with Crippen LogP contribution in [0.1, 0.15) is 45.4 Å². The fourth-order valence-corrected chi connectivity index (χ4v) is 4.92. The third-order valence-corrected chi connectivity index (χ3v) is 5.52. The third kappa shape index (κ3) is 2.22. The van der Waals surface area contributed by atoms with Crippen LogP contribution in [0, 0.1) is 40.9 Å². The minimum Gasteiger partial charge on any atom is -0.313 e. The summed E-state index contributed by atoms with van der Waals surface area (Å²) in [6.45, 7) is 3.30. The molecule has 17 heavy (non-hydrogen) atoms. The predicted molar refractivity (Wildman–Crippen MR) is 68.2 cm³/mol. The van der Waals surface area contributed by atoms with Crippen molar-refractivity contribution in [1.82, 2.24) is 5.32 Å². The molecule has 4 aliphatic rings. The van der Waals surface area contributed by atoms with Crippen molar-refractivity contribution in [2.45, 2.75) is 51.5 Å². The molecular weight excluding hydrogens is 208 g/mol. The van der Waals surface area contributed by atoms with E-state index in [0.29, 0.717) is 12.5 Å². The molecule has 1 atom stereocenters. The number of nitrogens with one attached hydrogen (secondary N) is 1. The summed E-state index contributed by atoms with van der Waals surface area (Å²) in [6.07, 6.45) is 8.21. The first kappa shape index (κ1) is 11.5. The molecule has 4 saturated carbocycles. The van der Waals surface area contributed by atoms with Crippen molar-refractivity contribution in [2.24, 2.45) is 29.6 Å². The molecular formula is C15H24N2. The molecule has 4 aliphatic carbocycles. The van der Waals surface area contributed by atoms with Gasteiger partial charge in [-0.25, -0.2) is 0 Å². The van der Waals surface area contributed by atoms with Crippen molar-refractivity contribution in [3.05, 3.63) is 0 Å². The predicted octanol–water partition coefficient (Wildman–Crippen LogP) is 2.95. The van der Waals surface area contributed by atoms with Gasteiger partial charge >= 0.3 is 0 Å². The first-order chi connectivity index (χ1) is 8.26. The smallest absolute Gasteiger partial charge is 0.0638 e. The lowest BCUT2D eigenvalue weighted by Crippen LogP contribution is -2.49. The highest BCUT2D eigenvalue weighted by atomic mass is 14.9. The van der Waals surface area contributed by atoms with Crippen LogP contribution >= 0.6 is 0 Å². The van der Waals surface area contributed by atoms with Crippen molar-refractivity contribution in [2.75, 3.05) is 6.54 Å². The lowest BCUT2D eigenvalue weighted by atomic mass is 9.52. The maximum atomic E-state index is 8.69. The van der Waals surface area contributed by atoms with Crippen LogP contribution in [0.15, 0.2) is 0 Å². The van der Waals surface area contributed by atoms with Gasteiger partial charge in [0.05, 0.1) is 12.5 Å². The SMILES string of the molecule is CC(CC#N)NCC1C2CC3CC(C2)CC1C3. The number of nitrogens with zero attached hydrogens (tertiary/aromatic N) is 1. The van der Waals surface area contributed by atoms with E-state index in [1.165, 1.54) is 32.1 Å². The molecule has 0 aliphatic heterocycles. The number of nitriles is 1. The Morgan fingerprint density at radius 1 is 1.12 bits per heavy atom. The van der Waals surface area contributed by atoms with Crippen molar-refractivity contribution in [3.63, 3.8) is 0 Å². The van der Waals surface area contributed by atoms with Gasteiger partial charge in [-0.1, -0.05) is 0 Å². The highest BCUT2D eigenvalue weighted by Gasteiger charge is 2.47.